The van der Waals surface area contributed by atoms with Gasteiger partial charge in [0.1, 0.15) is 5.75 Å². The molecule has 0 spiro atoms. The highest BCUT2D eigenvalue weighted by Gasteiger charge is 2.53. The fourth-order valence-corrected chi connectivity index (χ4v) is 7.09. The molecular formula is C28H31N3O3. The summed E-state index contributed by atoms with van der Waals surface area (Å²) >= 11 is 0. The maximum absolute atomic E-state index is 12.9. The SMILES string of the molecule is CC(NC(=O)COc1ccccc1-c1nnc(-c2ccccc2)o1)C12CC3CC(CC(C3)C1)C2. The van der Waals surface area contributed by atoms with Crippen molar-refractivity contribution in [2.45, 2.75) is 51.5 Å². The van der Waals surface area contributed by atoms with Gasteiger partial charge in [-0.25, -0.2) is 0 Å². The van der Waals surface area contributed by atoms with Gasteiger partial charge in [0.2, 0.25) is 5.89 Å². The molecule has 4 bridgehead atoms. The Balaban J connectivity index is 1.11. The van der Waals surface area contributed by atoms with Crippen LogP contribution in [0.15, 0.2) is 59.0 Å². The Kier molecular flexibility index (Phi) is 5.39. The zero-order valence-electron chi connectivity index (χ0n) is 19.6. The van der Waals surface area contributed by atoms with Crippen molar-refractivity contribution in [3.8, 4) is 28.7 Å². The fraction of sp³-hybridized carbons (Fsp3) is 0.464. The summed E-state index contributed by atoms with van der Waals surface area (Å²) in [5.41, 5.74) is 1.82. The standard InChI is InChI=1S/C28H31N3O3/c1-18(28-14-19-11-20(15-28)13-21(12-19)16-28)29-25(32)17-33-24-10-6-5-9-23(24)27-31-30-26(34-27)22-7-3-2-4-8-22/h2-10,18-21H,11-17H2,1H3,(H,29,32). The molecule has 6 nitrogen and oxygen atoms in total. The Morgan fingerprint density at radius 1 is 0.971 bits per heavy atom. The molecule has 1 heterocycles. The average molecular weight is 458 g/mol. The molecule has 4 aliphatic carbocycles. The lowest BCUT2D eigenvalue weighted by Crippen LogP contribution is -2.56. The number of nitrogens with one attached hydrogen (secondary N) is 1. The van der Waals surface area contributed by atoms with E-state index in [1.165, 1.54) is 38.5 Å². The lowest BCUT2D eigenvalue weighted by molar-refractivity contribution is -0.127. The first kappa shape index (κ1) is 21.4. The van der Waals surface area contributed by atoms with Gasteiger partial charge in [-0.3, -0.25) is 4.79 Å². The Bertz CT molecular complexity index is 1140. The number of hydrogen-bond acceptors (Lipinski definition) is 5. The second-order valence-corrected chi connectivity index (χ2v) is 10.6. The van der Waals surface area contributed by atoms with E-state index in [2.05, 4.69) is 22.4 Å². The number of hydrogen-bond donors (Lipinski definition) is 1. The summed E-state index contributed by atoms with van der Waals surface area (Å²) in [6, 6.07) is 17.3. The quantitative estimate of drug-likeness (QED) is 0.507. The van der Waals surface area contributed by atoms with Crippen LogP contribution >= 0.6 is 0 Å². The van der Waals surface area contributed by atoms with Crippen molar-refractivity contribution in [1.82, 2.24) is 15.5 Å². The number of rotatable bonds is 7. The van der Waals surface area contributed by atoms with Crippen LogP contribution in [-0.2, 0) is 4.79 Å². The monoisotopic (exact) mass is 457 g/mol. The normalized spacial score (nSPS) is 28.0. The summed E-state index contributed by atoms with van der Waals surface area (Å²) in [6.45, 7) is 2.16. The number of nitrogens with zero attached hydrogens (tertiary/aromatic N) is 2. The number of carbonyl (C=O) groups excluding carboxylic acids is 1. The molecule has 34 heavy (non-hydrogen) atoms. The van der Waals surface area contributed by atoms with Crippen LogP contribution in [0.3, 0.4) is 0 Å². The zero-order chi connectivity index (χ0) is 23.1. The van der Waals surface area contributed by atoms with Crippen LogP contribution < -0.4 is 10.1 Å². The highest BCUT2D eigenvalue weighted by molar-refractivity contribution is 5.78. The second-order valence-electron chi connectivity index (χ2n) is 10.6. The van der Waals surface area contributed by atoms with E-state index in [-0.39, 0.29) is 24.0 Å². The minimum Gasteiger partial charge on any atom is -0.483 e. The van der Waals surface area contributed by atoms with E-state index in [1.54, 1.807) is 0 Å². The van der Waals surface area contributed by atoms with Gasteiger partial charge >= 0.3 is 0 Å². The van der Waals surface area contributed by atoms with Gasteiger partial charge in [0.25, 0.3) is 11.8 Å². The third-order valence-corrected chi connectivity index (χ3v) is 8.30. The molecule has 1 unspecified atom stereocenters. The Labute approximate surface area is 200 Å². The summed E-state index contributed by atoms with van der Waals surface area (Å²) in [5, 5.41) is 11.7. The van der Waals surface area contributed by atoms with E-state index >= 15 is 0 Å². The van der Waals surface area contributed by atoms with Crippen LogP contribution in [0.1, 0.15) is 45.4 Å². The molecule has 3 aromatic rings. The third kappa shape index (κ3) is 3.99. The van der Waals surface area contributed by atoms with Crippen LogP contribution in [0.2, 0.25) is 0 Å². The fourth-order valence-electron chi connectivity index (χ4n) is 7.09. The van der Waals surface area contributed by atoms with Crippen molar-refractivity contribution in [1.29, 1.82) is 0 Å². The molecule has 4 saturated carbocycles. The molecule has 1 amide bonds. The molecule has 7 rings (SSSR count). The van der Waals surface area contributed by atoms with Crippen molar-refractivity contribution in [3.05, 3.63) is 54.6 Å². The largest absolute Gasteiger partial charge is 0.483 e. The average Bonchev–Trinajstić information content (AvgIpc) is 3.33. The van der Waals surface area contributed by atoms with Gasteiger partial charge in [0.15, 0.2) is 6.61 Å². The molecule has 1 N–H and O–H groups in total. The molecular weight excluding hydrogens is 426 g/mol. The first-order chi connectivity index (χ1) is 16.6. The molecule has 6 heteroatoms. The van der Waals surface area contributed by atoms with Crippen molar-refractivity contribution < 1.29 is 13.9 Å². The predicted molar refractivity (Wildman–Crippen MR) is 129 cm³/mol. The van der Waals surface area contributed by atoms with Crippen LogP contribution in [0.5, 0.6) is 5.75 Å². The number of aromatic nitrogens is 2. The van der Waals surface area contributed by atoms with Gasteiger partial charge in [0.05, 0.1) is 5.56 Å². The summed E-state index contributed by atoms with van der Waals surface area (Å²) < 4.78 is 11.9. The smallest absolute Gasteiger partial charge is 0.258 e. The number of benzene rings is 2. The van der Waals surface area contributed by atoms with E-state index in [0.29, 0.717) is 23.1 Å². The Morgan fingerprint density at radius 3 is 2.29 bits per heavy atom. The van der Waals surface area contributed by atoms with Gasteiger partial charge in [0, 0.05) is 11.6 Å². The minimum absolute atomic E-state index is 0.0343. The van der Waals surface area contributed by atoms with Gasteiger partial charge < -0.3 is 14.5 Å². The molecule has 0 radical (unpaired) electrons. The van der Waals surface area contributed by atoms with Crippen molar-refractivity contribution >= 4 is 5.91 Å². The second kappa shape index (κ2) is 8.57. The van der Waals surface area contributed by atoms with E-state index in [0.717, 1.165) is 23.3 Å². The summed E-state index contributed by atoms with van der Waals surface area (Å²) in [6.07, 6.45) is 8.02. The molecule has 0 saturated heterocycles. The minimum atomic E-state index is -0.0754. The highest BCUT2D eigenvalue weighted by Crippen LogP contribution is 2.61. The topological polar surface area (TPSA) is 77.2 Å². The van der Waals surface area contributed by atoms with Crippen molar-refractivity contribution in [2.24, 2.45) is 23.2 Å². The summed E-state index contributed by atoms with van der Waals surface area (Å²) in [4.78, 5) is 12.9. The lowest BCUT2D eigenvalue weighted by atomic mass is 9.48. The zero-order valence-corrected chi connectivity index (χ0v) is 19.6. The van der Waals surface area contributed by atoms with Gasteiger partial charge in [-0.05, 0) is 92.9 Å². The van der Waals surface area contributed by atoms with Gasteiger partial charge in [-0.2, -0.15) is 0 Å². The third-order valence-electron chi connectivity index (χ3n) is 8.30. The molecule has 1 atom stereocenters. The van der Waals surface area contributed by atoms with E-state index < -0.39 is 0 Å². The highest BCUT2D eigenvalue weighted by atomic mass is 16.5. The van der Waals surface area contributed by atoms with E-state index in [9.17, 15) is 4.79 Å². The van der Waals surface area contributed by atoms with Crippen molar-refractivity contribution in [2.75, 3.05) is 6.61 Å². The lowest BCUT2D eigenvalue weighted by Gasteiger charge is -2.59. The van der Waals surface area contributed by atoms with Crippen LogP contribution in [0.4, 0.5) is 0 Å². The maximum Gasteiger partial charge on any atom is 0.258 e. The number of para-hydroxylation sites is 1. The van der Waals surface area contributed by atoms with Gasteiger partial charge in [-0.1, -0.05) is 30.3 Å². The molecule has 4 fully saturated rings. The van der Waals surface area contributed by atoms with Crippen LogP contribution in [-0.4, -0.2) is 28.8 Å². The number of amides is 1. The van der Waals surface area contributed by atoms with Crippen LogP contribution in [0.25, 0.3) is 22.9 Å². The molecule has 2 aromatic carbocycles. The van der Waals surface area contributed by atoms with Crippen LogP contribution in [0, 0.1) is 23.2 Å². The Morgan fingerprint density at radius 2 is 1.59 bits per heavy atom. The number of ether oxygens (including phenoxy) is 1. The summed E-state index contributed by atoms with van der Waals surface area (Å²) in [5.74, 6) is 3.90. The first-order valence-electron chi connectivity index (χ1n) is 12.5. The Hall–Kier alpha value is -3.15. The number of carbonyl (C=O) groups is 1. The molecule has 0 aliphatic heterocycles. The maximum atomic E-state index is 12.9. The van der Waals surface area contributed by atoms with E-state index in [4.69, 9.17) is 9.15 Å². The molecule has 4 aliphatic rings. The van der Waals surface area contributed by atoms with E-state index in [1.807, 2.05) is 54.6 Å². The molecule has 1 aromatic heterocycles. The predicted octanol–water partition coefficient (Wildman–Crippen LogP) is 5.50. The first-order valence-corrected chi connectivity index (χ1v) is 12.5. The molecule has 176 valence electrons. The summed E-state index contributed by atoms with van der Waals surface area (Å²) in [7, 11) is 0. The van der Waals surface area contributed by atoms with Gasteiger partial charge in [-0.15, -0.1) is 10.2 Å². The van der Waals surface area contributed by atoms with Crippen molar-refractivity contribution in [3.63, 3.8) is 0 Å².